The number of carbonyl (C=O) groups is 2. The van der Waals surface area contributed by atoms with E-state index in [1.54, 1.807) is 0 Å². The average Bonchev–Trinajstić information content (AvgIpc) is 2.95. The van der Waals surface area contributed by atoms with Gasteiger partial charge in [-0.05, 0) is 41.8 Å². The summed E-state index contributed by atoms with van der Waals surface area (Å²) >= 11 is 3.35. The highest BCUT2D eigenvalue weighted by molar-refractivity contribution is 9.10. The Labute approximate surface area is 148 Å². The van der Waals surface area contributed by atoms with Crippen molar-refractivity contribution in [2.24, 2.45) is 5.92 Å². The van der Waals surface area contributed by atoms with Gasteiger partial charge in [-0.15, -0.1) is 10.2 Å². The van der Waals surface area contributed by atoms with E-state index in [0.29, 0.717) is 18.3 Å². The number of hydrogen-bond donors (Lipinski definition) is 2. The predicted octanol–water partition coefficient (Wildman–Crippen LogP) is 1.97. The second-order valence-electron chi connectivity index (χ2n) is 5.64. The number of carbonyl (C=O) groups excluding carboxylic acids is 2. The summed E-state index contributed by atoms with van der Waals surface area (Å²) in [5.41, 5.74) is 0.788. The van der Waals surface area contributed by atoms with E-state index in [9.17, 15) is 9.59 Å². The number of benzene rings is 1. The molecule has 24 heavy (non-hydrogen) atoms. The molecule has 128 valence electrons. The van der Waals surface area contributed by atoms with E-state index < -0.39 is 11.9 Å². The van der Waals surface area contributed by atoms with Crippen molar-refractivity contribution >= 4 is 27.9 Å². The molecule has 0 spiro atoms. The Morgan fingerprint density at radius 3 is 2.62 bits per heavy atom. The SMILES string of the molecule is CC(C)CCNC(=O)NC(=O)Cn1nnc(-c2ccc(Br)cc2)n1. The Balaban J connectivity index is 1.84. The van der Waals surface area contributed by atoms with Crippen LogP contribution in [-0.4, -0.2) is 38.7 Å². The van der Waals surface area contributed by atoms with Gasteiger partial charge in [0.25, 0.3) is 5.91 Å². The molecule has 2 aromatic rings. The Hall–Kier alpha value is -2.29. The lowest BCUT2D eigenvalue weighted by molar-refractivity contribution is -0.121. The molecule has 3 amide bonds. The zero-order chi connectivity index (χ0) is 17.5. The van der Waals surface area contributed by atoms with Crippen molar-refractivity contribution in [1.29, 1.82) is 0 Å². The van der Waals surface area contributed by atoms with Crippen molar-refractivity contribution in [3.63, 3.8) is 0 Å². The maximum Gasteiger partial charge on any atom is 0.321 e. The number of rotatable bonds is 6. The molecule has 0 atom stereocenters. The van der Waals surface area contributed by atoms with Gasteiger partial charge in [-0.1, -0.05) is 29.8 Å². The minimum atomic E-state index is -0.520. The molecule has 2 rings (SSSR count). The normalized spacial score (nSPS) is 10.7. The van der Waals surface area contributed by atoms with Crippen molar-refractivity contribution in [2.75, 3.05) is 6.54 Å². The first-order valence-electron chi connectivity index (χ1n) is 7.55. The fourth-order valence-corrected chi connectivity index (χ4v) is 2.10. The lowest BCUT2D eigenvalue weighted by Gasteiger charge is -2.07. The van der Waals surface area contributed by atoms with Crippen molar-refractivity contribution in [2.45, 2.75) is 26.8 Å². The highest BCUT2D eigenvalue weighted by atomic mass is 79.9. The van der Waals surface area contributed by atoms with Crippen LogP contribution in [0, 0.1) is 5.92 Å². The molecule has 0 aliphatic rings. The molecule has 9 heteroatoms. The summed E-state index contributed by atoms with van der Waals surface area (Å²) in [6.07, 6.45) is 0.850. The molecule has 0 aliphatic carbocycles. The van der Waals surface area contributed by atoms with E-state index in [1.807, 2.05) is 24.3 Å². The van der Waals surface area contributed by atoms with Crippen LogP contribution in [0.2, 0.25) is 0 Å². The van der Waals surface area contributed by atoms with Crippen LogP contribution < -0.4 is 10.6 Å². The Morgan fingerprint density at radius 1 is 1.25 bits per heavy atom. The number of urea groups is 1. The second-order valence-corrected chi connectivity index (χ2v) is 6.55. The third-order valence-electron chi connectivity index (χ3n) is 3.10. The average molecular weight is 395 g/mol. The van der Waals surface area contributed by atoms with Crippen LogP contribution in [0.3, 0.4) is 0 Å². The first-order chi connectivity index (χ1) is 11.4. The van der Waals surface area contributed by atoms with Gasteiger partial charge in [-0.3, -0.25) is 10.1 Å². The Kier molecular flexibility index (Phi) is 6.42. The summed E-state index contributed by atoms with van der Waals surface area (Å²) in [6, 6.07) is 6.89. The molecule has 1 heterocycles. The second kappa shape index (κ2) is 8.53. The van der Waals surface area contributed by atoms with Gasteiger partial charge in [0.15, 0.2) is 0 Å². The van der Waals surface area contributed by atoms with E-state index in [0.717, 1.165) is 21.3 Å². The summed E-state index contributed by atoms with van der Waals surface area (Å²) in [4.78, 5) is 24.5. The maximum absolute atomic E-state index is 11.8. The molecular formula is C15H19BrN6O2. The van der Waals surface area contributed by atoms with Gasteiger partial charge in [0, 0.05) is 16.6 Å². The van der Waals surface area contributed by atoms with Gasteiger partial charge in [0.05, 0.1) is 0 Å². The number of amides is 3. The first-order valence-corrected chi connectivity index (χ1v) is 8.35. The maximum atomic E-state index is 11.8. The lowest BCUT2D eigenvalue weighted by Crippen LogP contribution is -2.41. The van der Waals surface area contributed by atoms with E-state index in [2.05, 4.69) is 55.8 Å². The van der Waals surface area contributed by atoms with Crippen LogP contribution in [-0.2, 0) is 11.3 Å². The van der Waals surface area contributed by atoms with Gasteiger partial charge >= 0.3 is 6.03 Å². The summed E-state index contributed by atoms with van der Waals surface area (Å²) in [6.45, 7) is 4.46. The summed E-state index contributed by atoms with van der Waals surface area (Å²) in [5.74, 6) is 0.394. The van der Waals surface area contributed by atoms with Crippen molar-refractivity contribution in [3.8, 4) is 11.4 Å². The minimum absolute atomic E-state index is 0.179. The number of imide groups is 1. The van der Waals surface area contributed by atoms with E-state index >= 15 is 0 Å². The van der Waals surface area contributed by atoms with E-state index in [1.165, 1.54) is 0 Å². The molecule has 0 unspecified atom stereocenters. The van der Waals surface area contributed by atoms with Gasteiger partial charge in [-0.2, -0.15) is 4.80 Å². The van der Waals surface area contributed by atoms with Crippen LogP contribution in [0.25, 0.3) is 11.4 Å². The largest absolute Gasteiger partial charge is 0.338 e. The summed E-state index contributed by atoms with van der Waals surface area (Å²) < 4.78 is 0.946. The third kappa shape index (κ3) is 5.73. The smallest absolute Gasteiger partial charge is 0.321 e. The van der Waals surface area contributed by atoms with Crippen LogP contribution in [0.15, 0.2) is 28.7 Å². The molecular weight excluding hydrogens is 376 g/mol. The number of hydrogen-bond acceptors (Lipinski definition) is 5. The van der Waals surface area contributed by atoms with E-state index in [4.69, 9.17) is 0 Å². The van der Waals surface area contributed by atoms with Crippen LogP contribution >= 0.6 is 15.9 Å². The number of aromatic nitrogens is 4. The molecule has 0 saturated heterocycles. The van der Waals surface area contributed by atoms with Crippen molar-refractivity contribution < 1.29 is 9.59 Å². The molecule has 1 aromatic carbocycles. The van der Waals surface area contributed by atoms with Crippen LogP contribution in [0.5, 0.6) is 0 Å². The number of nitrogens with zero attached hydrogens (tertiary/aromatic N) is 4. The van der Waals surface area contributed by atoms with E-state index in [-0.39, 0.29) is 6.54 Å². The zero-order valence-electron chi connectivity index (χ0n) is 13.5. The van der Waals surface area contributed by atoms with Gasteiger partial charge in [0.2, 0.25) is 5.82 Å². The fraction of sp³-hybridized carbons (Fsp3) is 0.400. The van der Waals surface area contributed by atoms with Gasteiger partial charge in [-0.25, -0.2) is 4.79 Å². The zero-order valence-corrected chi connectivity index (χ0v) is 15.1. The van der Waals surface area contributed by atoms with Gasteiger partial charge in [0.1, 0.15) is 6.54 Å². The summed E-state index contributed by atoms with van der Waals surface area (Å²) in [5, 5.41) is 16.7. The highest BCUT2D eigenvalue weighted by Gasteiger charge is 2.11. The monoisotopic (exact) mass is 394 g/mol. The third-order valence-corrected chi connectivity index (χ3v) is 3.63. The standard InChI is InChI=1S/C15H19BrN6O2/c1-10(2)7-8-17-15(24)18-13(23)9-22-20-14(19-21-22)11-3-5-12(16)6-4-11/h3-6,10H,7-9H2,1-2H3,(H2,17,18,23,24). The number of halogens is 1. The first kappa shape index (κ1) is 18.1. The predicted molar refractivity (Wildman–Crippen MR) is 91.9 cm³/mol. The molecule has 1 aromatic heterocycles. The Morgan fingerprint density at radius 2 is 1.96 bits per heavy atom. The number of tetrazole rings is 1. The lowest BCUT2D eigenvalue weighted by atomic mass is 10.1. The number of nitrogens with one attached hydrogen (secondary N) is 2. The minimum Gasteiger partial charge on any atom is -0.338 e. The van der Waals surface area contributed by atoms with Crippen LogP contribution in [0.4, 0.5) is 4.79 Å². The molecule has 2 N–H and O–H groups in total. The van der Waals surface area contributed by atoms with Gasteiger partial charge < -0.3 is 5.32 Å². The van der Waals surface area contributed by atoms with Crippen molar-refractivity contribution in [3.05, 3.63) is 28.7 Å². The molecule has 0 radical (unpaired) electrons. The highest BCUT2D eigenvalue weighted by Crippen LogP contribution is 2.17. The fourth-order valence-electron chi connectivity index (χ4n) is 1.84. The topological polar surface area (TPSA) is 102 Å². The quantitative estimate of drug-likeness (QED) is 0.779. The molecule has 0 fully saturated rings. The molecule has 0 saturated carbocycles. The van der Waals surface area contributed by atoms with Crippen LogP contribution in [0.1, 0.15) is 20.3 Å². The molecule has 8 nitrogen and oxygen atoms in total. The Bertz CT molecular complexity index is 698. The summed E-state index contributed by atoms with van der Waals surface area (Å²) in [7, 11) is 0. The van der Waals surface area contributed by atoms with Crippen molar-refractivity contribution in [1.82, 2.24) is 30.8 Å². The molecule has 0 aliphatic heterocycles. The molecule has 0 bridgehead atoms.